The number of hydrogen-bond donors (Lipinski definition) is 1. The fourth-order valence-electron chi connectivity index (χ4n) is 2.55. The first-order chi connectivity index (χ1) is 10.6. The summed E-state index contributed by atoms with van der Waals surface area (Å²) in [6.07, 6.45) is 3.76. The van der Waals surface area contributed by atoms with Crippen LogP contribution in [0, 0.1) is 5.92 Å². The van der Waals surface area contributed by atoms with Crippen molar-refractivity contribution in [3.8, 4) is 0 Å². The normalized spacial score (nSPS) is 17.8. The van der Waals surface area contributed by atoms with E-state index in [-0.39, 0.29) is 11.8 Å². The zero-order chi connectivity index (χ0) is 15.7. The number of halogens is 1. The molecule has 7 heteroatoms. The number of aryl methyl sites for hydroxylation is 1. The lowest BCUT2D eigenvalue weighted by molar-refractivity contribution is -0.129. The zero-order valence-electron chi connectivity index (χ0n) is 12.0. The van der Waals surface area contributed by atoms with Crippen LogP contribution in [0.25, 0.3) is 0 Å². The molecule has 1 aromatic carbocycles. The number of hydrogen-bond acceptors (Lipinski definition) is 3. The van der Waals surface area contributed by atoms with Crippen molar-refractivity contribution in [2.24, 2.45) is 13.0 Å². The number of rotatable bonds is 3. The van der Waals surface area contributed by atoms with Crippen molar-refractivity contribution in [1.29, 1.82) is 0 Å². The SMILES string of the molecule is Cn1cc(NC(=O)C2CCN(c3ccccc3Br)C2=O)cn1. The van der Waals surface area contributed by atoms with Gasteiger partial charge in [0.2, 0.25) is 11.8 Å². The van der Waals surface area contributed by atoms with Crippen LogP contribution in [0.15, 0.2) is 41.1 Å². The van der Waals surface area contributed by atoms with Gasteiger partial charge >= 0.3 is 0 Å². The van der Waals surface area contributed by atoms with E-state index in [1.165, 1.54) is 0 Å². The van der Waals surface area contributed by atoms with Crippen molar-refractivity contribution in [1.82, 2.24) is 9.78 Å². The van der Waals surface area contributed by atoms with E-state index in [0.717, 1.165) is 10.2 Å². The van der Waals surface area contributed by atoms with Crippen LogP contribution in [0.5, 0.6) is 0 Å². The average molecular weight is 363 g/mol. The van der Waals surface area contributed by atoms with E-state index >= 15 is 0 Å². The second-order valence-electron chi connectivity index (χ2n) is 5.17. The Hall–Kier alpha value is -2.15. The van der Waals surface area contributed by atoms with Gasteiger partial charge in [-0.3, -0.25) is 14.3 Å². The molecule has 1 N–H and O–H groups in total. The van der Waals surface area contributed by atoms with E-state index in [1.807, 2.05) is 24.3 Å². The molecule has 114 valence electrons. The summed E-state index contributed by atoms with van der Waals surface area (Å²) in [6, 6.07) is 7.51. The van der Waals surface area contributed by atoms with Crippen LogP contribution >= 0.6 is 15.9 Å². The molecule has 2 aromatic rings. The number of anilines is 2. The molecule has 1 unspecified atom stereocenters. The van der Waals surface area contributed by atoms with Crippen molar-refractivity contribution in [3.05, 3.63) is 41.1 Å². The molecule has 22 heavy (non-hydrogen) atoms. The quantitative estimate of drug-likeness (QED) is 0.850. The molecule has 1 saturated heterocycles. The van der Waals surface area contributed by atoms with Gasteiger partial charge in [0.25, 0.3) is 0 Å². The number of amides is 2. The molecule has 2 amide bonds. The minimum Gasteiger partial charge on any atom is -0.323 e. The predicted molar refractivity (Wildman–Crippen MR) is 86.4 cm³/mol. The molecule has 1 atom stereocenters. The van der Waals surface area contributed by atoms with Crippen LogP contribution in [0.1, 0.15) is 6.42 Å². The van der Waals surface area contributed by atoms with Crippen molar-refractivity contribution < 1.29 is 9.59 Å². The van der Waals surface area contributed by atoms with Crippen molar-refractivity contribution >= 4 is 39.1 Å². The molecule has 1 fully saturated rings. The Balaban J connectivity index is 1.73. The van der Waals surface area contributed by atoms with Gasteiger partial charge in [0, 0.05) is 24.3 Å². The zero-order valence-corrected chi connectivity index (χ0v) is 13.6. The van der Waals surface area contributed by atoms with E-state index in [9.17, 15) is 9.59 Å². The lowest BCUT2D eigenvalue weighted by Gasteiger charge is -2.18. The van der Waals surface area contributed by atoms with Gasteiger partial charge in [-0.2, -0.15) is 5.10 Å². The van der Waals surface area contributed by atoms with Gasteiger partial charge in [0.05, 0.1) is 17.6 Å². The molecule has 3 rings (SSSR count). The van der Waals surface area contributed by atoms with E-state index in [2.05, 4.69) is 26.3 Å². The van der Waals surface area contributed by atoms with Crippen molar-refractivity contribution in [3.63, 3.8) is 0 Å². The highest BCUT2D eigenvalue weighted by molar-refractivity contribution is 9.10. The topological polar surface area (TPSA) is 67.2 Å². The average Bonchev–Trinajstić information content (AvgIpc) is 3.06. The van der Waals surface area contributed by atoms with Crippen molar-refractivity contribution in [2.75, 3.05) is 16.8 Å². The minimum absolute atomic E-state index is 0.173. The summed E-state index contributed by atoms with van der Waals surface area (Å²) in [7, 11) is 1.77. The summed E-state index contributed by atoms with van der Waals surface area (Å²) in [4.78, 5) is 26.5. The Kier molecular flexibility index (Phi) is 3.98. The molecule has 6 nitrogen and oxygen atoms in total. The summed E-state index contributed by atoms with van der Waals surface area (Å²) >= 11 is 3.44. The Bertz CT molecular complexity index is 728. The maximum absolute atomic E-state index is 12.5. The second-order valence-corrected chi connectivity index (χ2v) is 6.03. The number of nitrogens with zero attached hydrogens (tertiary/aromatic N) is 3. The third-order valence-corrected chi connectivity index (χ3v) is 4.31. The number of carbonyl (C=O) groups is 2. The molecule has 0 saturated carbocycles. The highest BCUT2D eigenvalue weighted by Gasteiger charge is 2.38. The molecule has 2 heterocycles. The number of nitrogens with one attached hydrogen (secondary N) is 1. The summed E-state index contributed by atoms with van der Waals surface area (Å²) in [5.41, 5.74) is 1.39. The van der Waals surface area contributed by atoms with Gasteiger partial charge in [0.15, 0.2) is 0 Å². The third kappa shape index (κ3) is 2.76. The van der Waals surface area contributed by atoms with E-state index in [1.54, 1.807) is 29.0 Å². The van der Waals surface area contributed by atoms with Gasteiger partial charge < -0.3 is 10.2 Å². The van der Waals surface area contributed by atoms with Crippen LogP contribution in [0.2, 0.25) is 0 Å². The van der Waals surface area contributed by atoms with Gasteiger partial charge in [-0.1, -0.05) is 12.1 Å². The van der Waals surface area contributed by atoms with E-state index < -0.39 is 5.92 Å². The number of carbonyl (C=O) groups excluding carboxylic acids is 2. The summed E-state index contributed by atoms with van der Waals surface area (Å²) in [5.74, 6) is -1.12. The smallest absolute Gasteiger partial charge is 0.239 e. The van der Waals surface area contributed by atoms with Crippen LogP contribution in [-0.2, 0) is 16.6 Å². The Morgan fingerprint density at radius 1 is 1.41 bits per heavy atom. The Labute approximate surface area is 136 Å². The lowest BCUT2D eigenvalue weighted by atomic mass is 10.1. The second kappa shape index (κ2) is 5.92. The molecule has 0 radical (unpaired) electrons. The molecule has 1 aromatic heterocycles. The van der Waals surface area contributed by atoms with Crippen LogP contribution in [0.4, 0.5) is 11.4 Å². The molecular weight excluding hydrogens is 348 g/mol. The number of aromatic nitrogens is 2. The van der Waals surface area contributed by atoms with Gasteiger partial charge in [-0.05, 0) is 34.5 Å². The first-order valence-corrected chi connectivity index (χ1v) is 7.71. The van der Waals surface area contributed by atoms with E-state index in [0.29, 0.717) is 18.7 Å². The largest absolute Gasteiger partial charge is 0.323 e. The fraction of sp³-hybridized carbons (Fsp3) is 0.267. The molecule has 0 spiro atoms. The lowest BCUT2D eigenvalue weighted by Crippen LogP contribution is -2.33. The Morgan fingerprint density at radius 2 is 2.18 bits per heavy atom. The van der Waals surface area contributed by atoms with E-state index in [4.69, 9.17) is 0 Å². The maximum Gasteiger partial charge on any atom is 0.239 e. The third-order valence-electron chi connectivity index (χ3n) is 3.64. The molecular formula is C15H15BrN4O2. The van der Waals surface area contributed by atoms with Gasteiger partial charge in [-0.15, -0.1) is 0 Å². The fourth-order valence-corrected chi connectivity index (χ4v) is 3.05. The summed E-state index contributed by atoms with van der Waals surface area (Å²) < 4.78 is 2.44. The first kappa shape index (κ1) is 14.8. The minimum atomic E-state index is -0.660. The first-order valence-electron chi connectivity index (χ1n) is 6.91. The van der Waals surface area contributed by atoms with Crippen LogP contribution in [0.3, 0.4) is 0 Å². The number of para-hydroxylation sites is 1. The molecule has 1 aliphatic heterocycles. The highest BCUT2D eigenvalue weighted by atomic mass is 79.9. The van der Waals surface area contributed by atoms with Gasteiger partial charge in [0.1, 0.15) is 5.92 Å². The highest BCUT2D eigenvalue weighted by Crippen LogP contribution is 2.31. The monoisotopic (exact) mass is 362 g/mol. The summed E-state index contributed by atoms with van der Waals surface area (Å²) in [6.45, 7) is 0.534. The maximum atomic E-state index is 12.5. The van der Waals surface area contributed by atoms with Crippen molar-refractivity contribution in [2.45, 2.75) is 6.42 Å². The predicted octanol–water partition coefficient (Wildman–Crippen LogP) is 2.17. The number of benzene rings is 1. The Morgan fingerprint density at radius 3 is 2.86 bits per heavy atom. The van der Waals surface area contributed by atoms with Crippen LogP contribution in [-0.4, -0.2) is 28.1 Å². The van der Waals surface area contributed by atoms with Gasteiger partial charge in [-0.25, -0.2) is 0 Å². The molecule has 0 bridgehead atoms. The summed E-state index contributed by atoms with van der Waals surface area (Å²) in [5, 5.41) is 6.73. The van der Waals surface area contributed by atoms with Crippen LogP contribution < -0.4 is 10.2 Å². The standard InChI is InChI=1S/C15H15BrN4O2/c1-19-9-10(8-17-19)18-14(21)11-6-7-20(15(11)22)13-5-3-2-4-12(13)16/h2-5,8-9,11H,6-7H2,1H3,(H,18,21). The molecule has 0 aliphatic carbocycles. The molecule has 1 aliphatic rings.